The lowest BCUT2D eigenvalue weighted by Gasteiger charge is -2.40. The number of aryl methyl sites for hydroxylation is 1. The summed E-state index contributed by atoms with van der Waals surface area (Å²) in [4.78, 5) is 55.7. The van der Waals surface area contributed by atoms with E-state index in [-0.39, 0.29) is 35.7 Å². The molecule has 3 aromatic rings. The van der Waals surface area contributed by atoms with E-state index < -0.39 is 6.04 Å². The van der Waals surface area contributed by atoms with E-state index in [0.717, 1.165) is 50.4 Å². The van der Waals surface area contributed by atoms with Gasteiger partial charge in [-0.05, 0) is 70.1 Å². The van der Waals surface area contributed by atoms with Crippen LogP contribution in [0.15, 0.2) is 57.9 Å². The highest BCUT2D eigenvalue weighted by atomic mass is 79.9. The van der Waals surface area contributed by atoms with Crippen LogP contribution in [0.3, 0.4) is 0 Å². The maximum Gasteiger partial charge on any atom is 0.282 e. The first-order valence-electron chi connectivity index (χ1n) is 15.9. The molecule has 4 aliphatic heterocycles. The Morgan fingerprint density at radius 2 is 1.72 bits per heavy atom. The normalized spacial score (nSPS) is 24.1. The molecule has 3 unspecified atom stereocenters. The maximum absolute atomic E-state index is 13.0. The molecule has 0 aliphatic carbocycles. The van der Waals surface area contributed by atoms with Gasteiger partial charge in [0.05, 0.1) is 11.9 Å². The molecule has 0 bridgehead atoms. The van der Waals surface area contributed by atoms with E-state index >= 15 is 0 Å². The summed E-state index contributed by atoms with van der Waals surface area (Å²) in [7, 11) is 3.78. The van der Waals surface area contributed by atoms with Crippen LogP contribution in [0.4, 0.5) is 5.69 Å². The van der Waals surface area contributed by atoms with Crippen molar-refractivity contribution in [3.05, 3.63) is 91.3 Å². The number of benzene rings is 2. The summed E-state index contributed by atoms with van der Waals surface area (Å²) in [5.41, 5.74) is 6.03. The molecule has 3 fully saturated rings. The first-order valence-corrected chi connectivity index (χ1v) is 16.7. The molecule has 3 amide bonds. The van der Waals surface area contributed by atoms with E-state index in [1.807, 2.05) is 6.07 Å². The van der Waals surface area contributed by atoms with Crippen LogP contribution in [0.5, 0.6) is 0 Å². The summed E-state index contributed by atoms with van der Waals surface area (Å²) >= 11 is 3.43. The van der Waals surface area contributed by atoms with Gasteiger partial charge in [0.25, 0.3) is 11.5 Å². The number of piperidine rings is 2. The Labute approximate surface area is 276 Å². The topological polar surface area (TPSA) is 120 Å². The molecule has 4 aliphatic rings. The Morgan fingerprint density at radius 1 is 0.957 bits per heavy atom. The molecule has 2 aromatic carbocycles. The number of amides is 3. The molecule has 46 heavy (non-hydrogen) atoms. The number of likely N-dealkylation sites (tertiary alicyclic amines) is 2. The van der Waals surface area contributed by atoms with Gasteiger partial charge < -0.3 is 15.1 Å². The van der Waals surface area contributed by atoms with Crippen LogP contribution >= 0.6 is 15.9 Å². The lowest BCUT2D eigenvalue weighted by Crippen LogP contribution is -2.52. The van der Waals surface area contributed by atoms with Crippen LogP contribution in [0, 0.1) is 0 Å². The third-order valence-corrected chi connectivity index (χ3v) is 10.7. The minimum Gasteiger partial charge on any atom is -0.379 e. The fourth-order valence-corrected chi connectivity index (χ4v) is 7.88. The van der Waals surface area contributed by atoms with Crippen molar-refractivity contribution >= 4 is 39.3 Å². The van der Waals surface area contributed by atoms with Crippen LogP contribution in [-0.2, 0) is 29.7 Å². The van der Waals surface area contributed by atoms with Gasteiger partial charge in [0.15, 0.2) is 0 Å². The van der Waals surface area contributed by atoms with Crippen molar-refractivity contribution in [2.24, 2.45) is 7.05 Å². The number of hydrogen-bond donors (Lipinski definition) is 2. The molecule has 0 spiro atoms. The van der Waals surface area contributed by atoms with E-state index in [1.165, 1.54) is 21.4 Å². The predicted molar refractivity (Wildman–Crippen MR) is 176 cm³/mol. The largest absolute Gasteiger partial charge is 0.379 e. The first-order chi connectivity index (χ1) is 22.1. The molecule has 2 N–H and O–H groups in total. The Balaban J connectivity index is 0.929. The van der Waals surface area contributed by atoms with Crippen molar-refractivity contribution in [2.45, 2.75) is 56.3 Å². The molecule has 0 radical (unpaired) electrons. The fourth-order valence-electron chi connectivity index (χ4n) is 7.41. The van der Waals surface area contributed by atoms with Gasteiger partial charge in [0, 0.05) is 70.3 Å². The zero-order chi connectivity index (χ0) is 32.1. The molecule has 0 saturated carbocycles. The maximum atomic E-state index is 13.0. The number of nitrogens with zero attached hydrogens (tertiary/aromatic N) is 5. The molecule has 1 aromatic heterocycles. The van der Waals surface area contributed by atoms with Crippen LogP contribution < -0.4 is 16.2 Å². The number of fused-ring (bicyclic) bond motifs is 1. The summed E-state index contributed by atoms with van der Waals surface area (Å²) in [6, 6.07) is 14.7. The Kier molecular flexibility index (Phi) is 8.28. The molecule has 240 valence electrons. The summed E-state index contributed by atoms with van der Waals surface area (Å²) in [6.45, 7) is 5.09. The van der Waals surface area contributed by atoms with E-state index in [1.54, 1.807) is 18.1 Å². The second-order valence-electron chi connectivity index (χ2n) is 13.2. The fraction of sp³-hybridized carbons (Fsp3) is 0.441. The van der Waals surface area contributed by atoms with Gasteiger partial charge in [-0.3, -0.25) is 29.4 Å². The molecular formula is C34H38BrN7O4. The highest BCUT2D eigenvalue weighted by Crippen LogP contribution is 2.34. The average molecular weight is 689 g/mol. The number of hydrogen-bond acceptors (Lipinski definition) is 8. The van der Waals surface area contributed by atoms with E-state index in [9.17, 15) is 19.2 Å². The van der Waals surface area contributed by atoms with Crippen LogP contribution in [0.1, 0.15) is 63.7 Å². The van der Waals surface area contributed by atoms with E-state index in [2.05, 4.69) is 84.9 Å². The van der Waals surface area contributed by atoms with Crippen molar-refractivity contribution in [1.29, 1.82) is 0 Å². The molecule has 7 rings (SSSR count). The smallest absolute Gasteiger partial charge is 0.282 e. The lowest BCUT2D eigenvalue weighted by molar-refractivity contribution is -0.136. The number of anilines is 1. The number of imide groups is 1. The zero-order valence-electron chi connectivity index (χ0n) is 26.0. The van der Waals surface area contributed by atoms with E-state index in [4.69, 9.17) is 0 Å². The molecule has 5 heterocycles. The number of halogens is 1. The van der Waals surface area contributed by atoms with Crippen molar-refractivity contribution in [2.75, 3.05) is 38.5 Å². The highest BCUT2D eigenvalue weighted by Gasteiger charge is 2.40. The summed E-state index contributed by atoms with van der Waals surface area (Å²) < 4.78 is 1.83. The monoisotopic (exact) mass is 687 g/mol. The van der Waals surface area contributed by atoms with Gasteiger partial charge in [-0.1, -0.05) is 36.4 Å². The number of carbonyl (C=O) groups is 3. The Bertz CT molecular complexity index is 1750. The lowest BCUT2D eigenvalue weighted by atomic mass is 9.87. The molecule has 11 nitrogen and oxygen atoms in total. The second-order valence-corrected chi connectivity index (χ2v) is 14.0. The summed E-state index contributed by atoms with van der Waals surface area (Å²) in [6.07, 6.45) is 3.30. The number of aromatic nitrogens is 2. The van der Waals surface area contributed by atoms with Gasteiger partial charge >= 0.3 is 0 Å². The van der Waals surface area contributed by atoms with Crippen LogP contribution in [0.2, 0.25) is 0 Å². The summed E-state index contributed by atoms with van der Waals surface area (Å²) in [5.74, 6) is 0.00958. The van der Waals surface area contributed by atoms with Crippen LogP contribution in [-0.4, -0.2) is 87.5 Å². The number of likely N-dealkylation sites (N-methyl/N-ethyl adjacent to an activating group) is 1. The van der Waals surface area contributed by atoms with E-state index in [0.29, 0.717) is 34.8 Å². The van der Waals surface area contributed by atoms with Crippen molar-refractivity contribution < 1.29 is 14.4 Å². The standard InChI is InChI=1S/C34H38BrN7O4/c1-39-15-23(12-26(19-39)37-28-13-36-40(2)34(46)31(28)35)21-5-3-20(4-6-21)14-41-16-25(17-41)22-7-8-27-24(11-22)18-42(33(27)45)29-9-10-30(43)38-32(29)44/h3-8,11,13,23,25-26,29,37H,9-10,12,14-19H2,1-2H3,(H,38,43,44). The minimum atomic E-state index is -0.588. The van der Waals surface area contributed by atoms with Gasteiger partial charge in [-0.15, -0.1) is 0 Å². The van der Waals surface area contributed by atoms with Crippen LogP contribution in [0.25, 0.3) is 0 Å². The van der Waals surface area contributed by atoms with Crippen molar-refractivity contribution in [3.63, 3.8) is 0 Å². The SMILES string of the molecule is CN1CC(Nc2cnn(C)c(=O)c2Br)CC(c2ccc(CN3CC(c4ccc5c(c4)CN(C4CCC(=O)NC4=O)C5=O)C3)cc2)C1. The minimum absolute atomic E-state index is 0.130. The number of rotatable bonds is 7. The molecule has 12 heteroatoms. The third kappa shape index (κ3) is 6.01. The van der Waals surface area contributed by atoms with Gasteiger partial charge in [-0.2, -0.15) is 5.10 Å². The Hall–Kier alpha value is -3.87. The highest BCUT2D eigenvalue weighted by molar-refractivity contribution is 9.10. The molecule has 3 atom stereocenters. The quantitative estimate of drug-likeness (QED) is 0.364. The first kappa shape index (κ1) is 30.8. The van der Waals surface area contributed by atoms with Gasteiger partial charge in [0.1, 0.15) is 10.5 Å². The zero-order valence-corrected chi connectivity index (χ0v) is 27.6. The second kappa shape index (κ2) is 12.4. The molecule has 3 saturated heterocycles. The average Bonchev–Trinajstić information content (AvgIpc) is 3.34. The molecular weight excluding hydrogens is 650 g/mol. The van der Waals surface area contributed by atoms with Gasteiger partial charge in [-0.25, -0.2) is 4.68 Å². The van der Waals surface area contributed by atoms with Crippen molar-refractivity contribution in [1.82, 2.24) is 29.8 Å². The third-order valence-electron chi connectivity index (χ3n) is 9.90. The predicted octanol–water partition coefficient (Wildman–Crippen LogP) is 2.80. The Morgan fingerprint density at radius 3 is 2.48 bits per heavy atom. The van der Waals surface area contributed by atoms with Gasteiger partial charge in [0.2, 0.25) is 11.8 Å². The van der Waals surface area contributed by atoms with Crippen molar-refractivity contribution in [3.8, 4) is 0 Å². The number of nitrogens with one attached hydrogen (secondary N) is 2. The number of carbonyl (C=O) groups excluding carboxylic acids is 3. The summed E-state index contributed by atoms with van der Waals surface area (Å²) in [5, 5.41) is 10.1.